The molecule has 0 saturated carbocycles. The molecular weight excluding hydrogens is 370 g/mol. The first-order valence-electron chi connectivity index (χ1n) is 9.36. The third kappa shape index (κ3) is 2.88. The molecule has 6 heteroatoms. The highest BCUT2D eigenvalue weighted by Gasteiger charge is 2.22. The van der Waals surface area contributed by atoms with Gasteiger partial charge in [-0.15, -0.1) is 0 Å². The van der Waals surface area contributed by atoms with E-state index in [2.05, 4.69) is 9.97 Å². The zero-order chi connectivity index (χ0) is 19.1. The average molecular weight is 388 g/mol. The van der Waals surface area contributed by atoms with Crippen molar-refractivity contribution in [1.29, 1.82) is 0 Å². The zero-order valence-corrected chi connectivity index (χ0v) is 15.9. The molecule has 0 bridgehead atoms. The van der Waals surface area contributed by atoms with E-state index in [1.165, 1.54) is 5.56 Å². The summed E-state index contributed by atoms with van der Waals surface area (Å²) in [5.74, 6) is 0.984. The maximum absolute atomic E-state index is 6.46. The van der Waals surface area contributed by atoms with Crippen molar-refractivity contribution in [3.05, 3.63) is 65.1 Å². The van der Waals surface area contributed by atoms with Crippen LogP contribution in [0.2, 0.25) is 5.02 Å². The molecule has 1 aliphatic rings. The van der Waals surface area contributed by atoms with Crippen LogP contribution in [-0.2, 0) is 12.8 Å². The molecule has 138 valence electrons. The first kappa shape index (κ1) is 17.1. The van der Waals surface area contributed by atoms with Crippen LogP contribution < -0.4 is 5.73 Å². The number of benzene rings is 1. The number of rotatable bonds is 2. The highest BCUT2D eigenvalue weighted by atomic mass is 35.5. The molecule has 3 aromatic heterocycles. The highest BCUT2D eigenvalue weighted by Crippen LogP contribution is 2.39. The molecule has 0 fully saturated rings. The normalized spacial score (nSPS) is 13.5. The van der Waals surface area contributed by atoms with Crippen molar-refractivity contribution in [2.75, 3.05) is 5.73 Å². The lowest BCUT2D eigenvalue weighted by molar-refractivity contribution is 0.672. The van der Waals surface area contributed by atoms with Gasteiger partial charge in [0.25, 0.3) is 0 Å². The van der Waals surface area contributed by atoms with Gasteiger partial charge >= 0.3 is 0 Å². The minimum absolute atomic E-state index is 0.440. The van der Waals surface area contributed by atoms with Crippen LogP contribution in [0.4, 0.5) is 5.82 Å². The van der Waals surface area contributed by atoms with E-state index in [0.717, 1.165) is 53.5 Å². The van der Waals surface area contributed by atoms with Gasteiger partial charge in [-0.25, -0.2) is 15.0 Å². The summed E-state index contributed by atoms with van der Waals surface area (Å²) in [6, 6.07) is 11.6. The number of hydrogen-bond donors (Lipinski definition) is 1. The summed E-state index contributed by atoms with van der Waals surface area (Å²) in [6.07, 6.45) is 7.69. The minimum Gasteiger partial charge on any atom is -0.383 e. The van der Waals surface area contributed by atoms with E-state index in [-0.39, 0.29) is 0 Å². The number of aromatic nitrogens is 4. The van der Waals surface area contributed by atoms with Crippen LogP contribution >= 0.6 is 11.6 Å². The van der Waals surface area contributed by atoms with Crippen molar-refractivity contribution in [1.82, 2.24) is 19.9 Å². The Morgan fingerprint density at radius 3 is 2.50 bits per heavy atom. The first-order chi connectivity index (χ1) is 13.7. The van der Waals surface area contributed by atoms with Crippen molar-refractivity contribution < 1.29 is 0 Å². The number of nitrogen functional groups attached to an aromatic ring is 1. The Balaban J connectivity index is 1.83. The van der Waals surface area contributed by atoms with E-state index in [1.807, 2.05) is 36.4 Å². The Morgan fingerprint density at radius 1 is 0.893 bits per heavy atom. The van der Waals surface area contributed by atoms with Gasteiger partial charge in [-0.1, -0.05) is 23.7 Å². The lowest BCUT2D eigenvalue weighted by Gasteiger charge is -2.21. The van der Waals surface area contributed by atoms with E-state index in [0.29, 0.717) is 22.3 Å². The van der Waals surface area contributed by atoms with Gasteiger partial charge in [0, 0.05) is 34.2 Å². The molecule has 1 aliphatic carbocycles. The van der Waals surface area contributed by atoms with Crippen LogP contribution in [0.1, 0.15) is 24.1 Å². The van der Waals surface area contributed by atoms with Gasteiger partial charge in [-0.3, -0.25) is 4.98 Å². The predicted octanol–water partition coefficient (Wildman–Crippen LogP) is 4.87. The van der Waals surface area contributed by atoms with Gasteiger partial charge in [0.15, 0.2) is 11.5 Å². The Kier molecular flexibility index (Phi) is 4.17. The second-order valence-corrected chi connectivity index (χ2v) is 7.44. The van der Waals surface area contributed by atoms with Crippen LogP contribution in [-0.4, -0.2) is 19.9 Å². The summed E-state index contributed by atoms with van der Waals surface area (Å²) >= 11 is 6.11. The molecular formula is C22H18ClN5. The van der Waals surface area contributed by atoms with Gasteiger partial charge in [-0.2, -0.15) is 0 Å². The third-order valence-corrected chi connectivity index (χ3v) is 5.45. The molecule has 2 N–H and O–H groups in total. The van der Waals surface area contributed by atoms with E-state index < -0.39 is 0 Å². The number of nitrogens with two attached hydrogens (primary N) is 1. The Labute approximate surface area is 167 Å². The van der Waals surface area contributed by atoms with Crippen LogP contribution in [0.15, 0.2) is 48.8 Å². The molecule has 0 amide bonds. The Hall–Kier alpha value is -3.05. The highest BCUT2D eigenvalue weighted by molar-refractivity contribution is 6.30. The number of nitrogens with zero attached hydrogens (tertiary/aromatic N) is 4. The van der Waals surface area contributed by atoms with Gasteiger partial charge in [0.2, 0.25) is 0 Å². The van der Waals surface area contributed by atoms with Gasteiger partial charge in [0.1, 0.15) is 5.82 Å². The van der Waals surface area contributed by atoms with Crippen LogP contribution in [0, 0.1) is 0 Å². The smallest absolute Gasteiger partial charge is 0.166 e. The Bertz CT molecular complexity index is 1170. The van der Waals surface area contributed by atoms with Crippen LogP contribution in [0.5, 0.6) is 0 Å². The van der Waals surface area contributed by atoms with Crippen molar-refractivity contribution in [2.45, 2.75) is 25.7 Å². The molecule has 0 aliphatic heterocycles. The van der Waals surface area contributed by atoms with Crippen molar-refractivity contribution >= 4 is 28.5 Å². The average Bonchev–Trinajstić information content (AvgIpc) is 2.73. The molecule has 0 spiro atoms. The summed E-state index contributed by atoms with van der Waals surface area (Å²) < 4.78 is 0. The van der Waals surface area contributed by atoms with Crippen molar-refractivity contribution in [2.24, 2.45) is 0 Å². The lowest BCUT2D eigenvalue weighted by Crippen LogP contribution is -2.11. The Morgan fingerprint density at radius 2 is 1.71 bits per heavy atom. The molecule has 5 rings (SSSR count). The summed E-state index contributed by atoms with van der Waals surface area (Å²) in [6.45, 7) is 0. The topological polar surface area (TPSA) is 77.6 Å². The summed E-state index contributed by atoms with van der Waals surface area (Å²) in [5, 5.41) is 1.52. The molecule has 4 aromatic rings. The summed E-state index contributed by atoms with van der Waals surface area (Å²) in [4.78, 5) is 18.4. The van der Waals surface area contributed by atoms with E-state index in [4.69, 9.17) is 27.3 Å². The maximum atomic E-state index is 6.46. The van der Waals surface area contributed by atoms with Gasteiger partial charge in [-0.05, 0) is 61.1 Å². The summed E-state index contributed by atoms with van der Waals surface area (Å²) in [5.41, 5.74) is 12.4. The third-order valence-electron chi connectivity index (χ3n) is 5.20. The number of pyridine rings is 2. The molecule has 0 saturated heterocycles. The molecule has 0 unspecified atom stereocenters. The predicted molar refractivity (Wildman–Crippen MR) is 112 cm³/mol. The number of fused-ring (bicyclic) bond motifs is 2. The number of aryl methyl sites for hydroxylation is 1. The molecule has 28 heavy (non-hydrogen) atoms. The SMILES string of the molecule is Nc1nc(-c2cccnc2)nc2nc3c(c(-c4ccc(Cl)cc4)c12)CCCC3. The maximum Gasteiger partial charge on any atom is 0.166 e. The standard InChI is InChI=1S/C22H18ClN5/c23-15-9-7-13(8-10-15)18-16-5-1-2-6-17(16)26-22-19(18)20(24)27-21(28-22)14-4-3-11-25-12-14/h3-4,7-12H,1-2,5-6H2,(H2,24,26,27,28). The van der Waals surface area contributed by atoms with Gasteiger partial charge in [0.05, 0.1) is 5.39 Å². The molecule has 0 atom stereocenters. The van der Waals surface area contributed by atoms with E-state index in [1.54, 1.807) is 12.4 Å². The van der Waals surface area contributed by atoms with Crippen LogP contribution in [0.25, 0.3) is 33.5 Å². The second kappa shape index (κ2) is 6.84. The number of anilines is 1. The quantitative estimate of drug-likeness (QED) is 0.531. The molecule has 1 aromatic carbocycles. The fourth-order valence-electron chi connectivity index (χ4n) is 3.91. The van der Waals surface area contributed by atoms with Crippen molar-refractivity contribution in [3.8, 4) is 22.5 Å². The lowest BCUT2D eigenvalue weighted by atomic mass is 9.87. The van der Waals surface area contributed by atoms with Crippen LogP contribution in [0.3, 0.4) is 0 Å². The minimum atomic E-state index is 0.440. The first-order valence-corrected chi connectivity index (χ1v) is 9.74. The largest absolute Gasteiger partial charge is 0.383 e. The summed E-state index contributed by atoms with van der Waals surface area (Å²) in [7, 11) is 0. The second-order valence-electron chi connectivity index (χ2n) is 7.00. The zero-order valence-electron chi connectivity index (χ0n) is 15.2. The van der Waals surface area contributed by atoms with Crippen molar-refractivity contribution in [3.63, 3.8) is 0 Å². The fourth-order valence-corrected chi connectivity index (χ4v) is 4.03. The molecule has 0 radical (unpaired) electrons. The molecule has 3 heterocycles. The monoisotopic (exact) mass is 387 g/mol. The number of halogens is 1. The van der Waals surface area contributed by atoms with Gasteiger partial charge < -0.3 is 5.73 Å². The van der Waals surface area contributed by atoms with E-state index in [9.17, 15) is 0 Å². The number of hydrogen-bond acceptors (Lipinski definition) is 5. The van der Waals surface area contributed by atoms with E-state index >= 15 is 0 Å². The molecule has 5 nitrogen and oxygen atoms in total. The fraction of sp³-hybridized carbons (Fsp3) is 0.182.